The monoisotopic (exact) mass is 489 g/mol. The molecule has 1 atom stereocenters. The molecule has 2 aromatic heterocycles. The summed E-state index contributed by atoms with van der Waals surface area (Å²) in [5.41, 5.74) is 2.05. The van der Waals surface area contributed by atoms with Gasteiger partial charge in [-0.05, 0) is 42.7 Å². The molecule has 0 saturated carbocycles. The number of fused-ring (bicyclic) bond motifs is 2. The van der Waals surface area contributed by atoms with Crippen molar-refractivity contribution in [1.82, 2.24) is 24.6 Å². The van der Waals surface area contributed by atoms with E-state index in [1.165, 1.54) is 18.0 Å². The maximum absolute atomic E-state index is 13.2. The van der Waals surface area contributed by atoms with Gasteiger partial charge in [0.05, 0.1) is 23.7 Å². The van der Waals surface area contributed by atoms with Crippen molar-refractivity contribution in [2.75, 3.05) is 25.5 Å². The standard InChI is InChI=1S/C25H23N5O4S/c31-22(29-10-4-7-19(29)16-8-9-20-21(13-16)34-12-11-33-20)15-35-25-27-23-18(24(32)28-25)14-26-30(23)17-5-2-1-3-6-17/h1-3,5-6,8-9,13-14,19H,4,7,10-12,15H2,(H,27,28,32)/t19-/m0/s1. The predicted octanol–water partition coefficient (Wildman–Crippen LogP) is 3.34. The number of hydrogen-bond donors (Lipinski definition) is 1. The van der Waals surface area contributed by atoms with Gasteiger partial charge in [-0.1, -0.05) is 36.0 Å². The molecular formula is C25H23N5O4S. The van der Waals surface area contributed by atoms with Crippen LogP contribution in [0.5, 0.6) is 11.5 Å². The highest BCUT2D eigenvalue weighted by atomic mass is 32.2. The fourth-order valence-corrected chi connectivity index (χ4v) is 5.36. The molecule has 1 amide bonds. The van der Waals surface area contributed by atoms with Gasteiger partial charge in [0, 0.05) is 6.54 Å². The number of carbonyl (C=O) groups excluding carboxylic acids is 1. The van der Waals surface area contributed by atoms with Crippen molar-refractivity contribution in [3.05, 3.63) is 70.6 Å². The van der Waals surface area contributed by atoms with E-state index in [1.807, 2.05) is 53.4 Å². The summed E-state index contributed by atoms with van der Waals surface area (Å²) in [5.74, 6) is 1.65. The summed E-state index contributed by atoms with van der Waals surface area (Å²) in [5, 5.41) is 5.13. The quantitative estimate of drug-likeness (QED) is 0.339. The molecule has 0 radical (unpaired) electrons. The Morgan fingerprint density at radius 3 is 2.80 bits per heavy atom. The van der Waals surface area contributed by atoms with Gasteiger partial charge in [0.2, 0.25) is 5.91 Å². The molecule has 6 rings (SSSR count). The summed E-state index contributed by atoms with van der Waals surface area (Å²) < 4.78 is 13.0. The van der Waals surface area contributed by atoms with Crippen LogP contribution in [-0.2, 0) is 4.79 Å². The van der Waals surface area contributed by atoms with Crippen LogP contribution >= 0.6 is 11.8 Å². The lowest BCUT2D eigenvalue weighted by Gasteiger charge is -2.26. The highest BCUT2D eigenvalue weighted by Gasteiger charge is 2.31. The zero-order chi connectivity index (χ0) is 23.8. The molecule has 0 aliphatic carbocycles. The number of benzene rings is 2. The van der Waals surface area contributed by atoms with Crippen molar-refractivity contribution < 1.29 is 14.3 Å². The van der Waals surface area contributed by atoms with Crippen molar-refractivity contribution in [3.63, 3.8) is 0 Å². The normalized spacial score (nSPS) is 17.1. The number of H-pyrrole nitrogens is 1. The van der Waals surface area contributed by atoms with Crippen molar-refractivity contribution in [3.8, 4) is 17.2 Å². The Balaban J connectivity index is 1.20. The summed E-state index contributed by atoms with van der Waals surface area (Å²) in [6.07, 6.45) is 3.34. The molecule has 2 aliphatic rings. The largest absolute Gasteiger partial charge is 0.486 e. The smallest absolute Gasteiger partial charge is 0.262 e. The second-order valence-corrected chi connectivity index (χ2v) is 9.40. The fraction of sp³-hybridized carbons (Fsp3) is 0.280. The highest BCUT2D eigenvalue weighted by Crippen LogP contribution is 2.38. The lowest BCUT2D eigenvalue weighted by Crippen LogP contribution is -2.32. The Bertz CT molecular complexity index is 1450. The van der Waals surface area contributed by atoms with Crippen LogP contribution in [-0.4, -0.2) is 56.1 Å². The van der Waals surface area contributed by atoms with E-state index >= 15 is 0 Å². The second-order valence-electron chi connectivity index (χ2n) is 8.44. The Morgan fingerprint density at radius 2 is 1.94 bits per heavy atom. The maximum atomic E-state index is 13.2. The number of nitrogens with zero attached hydrogens (tertiary/aromatic N) is 4. The Morgan fingerprint density at radius 1 is 1.11 bits per heavy atom. The Labute approximate surface area is 205 Å². The maximum Gasteiger partial charge on any atom is 0.262 e. The van der Waals surface area contributed by atoms with Crippen LogP contribution in [0.4, 0.5) is 0 Å². The first kappa shape index (κ1) is 21.7. The minimum atomic E-state index is -0.276. The first-order valence-corrected chi connectivity index (χ1v) is 12.5. The summed E-state index contributed by atoms with van der Waals surface area (Å²) in [4.78, 5) is 35.1. The SMILES string of the molecule is O=C(CSc1nc2c(cnn2-c2ccccc2)c(=O)[nH]1)N1CCC[C@H]1c1ccc2c(c1)OCCO2. The topological polar surface area (TPSA) is 102 Å². The van der Waals surface area contributed by atoms with Crippen LogP contribution in [0.15, 0.2) is 64.7 Å². The number of thioether (sulfide) groups is 1. The van der Waals surface area contributed by atoms with Crippen LogP contribution in [0.3, 0.4) is 0 Å². The average molecular weight is 490 g/mol. The second kappa shape index (κ2) is 9.10. The number of para-hydroxylation sites is 1. The van der Waals surface area contributed by atoms with Crippen LogP contribution < -0.4 is 15.0 Å². The van der Waals surface area contributed by atoms with Crippen molar-refractivity contribution in [1.29, 1.82) is 0 Å². The molecule has 4 heterocycles. The van der Waals surface area contributed by atoms with E-state index in [-0.39, 0.29) is 23.3 Å². The molecule has 1 saturated heterocycles. The zero-order valence-electron chi connectivity index (χ0n) is 18.8. The number of nitrogens with one attached hydrogen (secondary N) is 1. The third-order valence-corrected chi connectivity index (χ3v) is 7.13. The number of amides is 1. The van der Waals surface area contributed by atoms with E-state index < -0.39 is 0 Å². The lowest BCUT2D eigenvalue weighted by atomic mass is 10.0. The van der Waals surface area contributed by atoms with Gasteiger partial charge in [-0.15, -0.1) is 0 Å². The minimum absolute atomic E-state index is 0.00621. The summed E-state index contributed by atoms with van der Waals surface area (Å²) in [6, 6.07) is 15.4. The molecule has 178 valence electrons. The fourth-order valence-electron chi connectivity index (χ4n) is 4.62. The third-order valence-electron chi connectivity index (χ3n) is 6.27. The molecule has 0 bridgehead atoms. The Hall–Kier alpha value is -3.79. The van der Waals surface area contributed by atoms with Crippen LogP contribution in [0.1, 0.15) is 24.4 Å². The summed E-state index contributed by atoms with van der Waals surface area (Å²) >= 11 is 1.23. The van der Waals surface area contributed by atoms with Crippen molar-refractivity contribution in [2.45, 2.75) is 24.0 Å². The summed E-state index contributed by atoms with van der Waals surface area (Å²) in [7, 11) is 0. The van der Waals surface area contributed by atoms with Gasteiger partial charge in [-0.25, -0.2) is 9.67 Å². The number of aromatic amines is 1. The molecule has 2 aromatic carbocycles. The van der Waals surface area contributed by atoms with E-state index in [0.717, 1.165) is 35.6 Å². The molecule has 1 N–H and O–H groups in total. The van der Waals surface area contributed by atoms with Crippen LogP contribution in [0.2, 0.25) is 0 Å². The van der Waals surface area contributed by atoms with Gasteiger partial charge in [0.1, 0.15) is 18.6 Å². The van der Waals surface area contributed by atoms with E-state index in [2.05, 4.69) is 15.1 Å². The van der Waals surface area contributed by atoms with Gasteiger partial charge in [-0.2, -0.15) is 5.10 Å². The molecular weight excluding hydrogens is 466 g/mol. The van der Waals surface area contributed by atoms with Crippen LogP contribution in [0.25, 0.3) is 16.7 Å². The number of carbonyl (C=O) groups is 1. The van der Waals surface area contributed by atoms with Crippen LogP contribution in [0, 0.1) is 0 Å². The molecule has 0 spiro atoms. The van der Waals surface area contributed by atoms with Crippen molar-refractivity contribution in [2.24, 2.45) is 0 Å². The average Bonchev–Trinajstić information content (AvgIpc) is 3.56. The number of rotatable bonds is 5. The van der Waals surface area contributed by atoms with Gasteiger partial charge in [-0.3, -0.25) is 9.59 Å². The molecule has 0 unspecified atom stereocenters. The molecule has 35 heavy (non-hydrogen) atoms. The first-order chi connectivity index (χ1) is 17.2. The third kappa shape index (κ3) is 4.14. The molecule has 9 nitrogen and oxygen atoms in total. The van der Waals surface area contributed by atoms with Gasteiger partial charge < -0.3 is 19.4 Å². The lowest BCUT2D eigenvalue weighted by molar-refractivity contribution is -0.129. The summed E-state index contributed by atoms with van der Waals surface area (Å²) in [6.45, 7) is 1.77. The minimum Gasteiger partial charge on any atom is -0.486 e. The highest BCUT2D eigenvalue weighted by molar-refractivity contribution is 7.99. The van der Waals surface area contributed by atoms with E-state index in [0.29, 0.717) is 35.9 Å². The predicted molar refractivity (Wildman–Crippen MR) is 131 cm³/mol. The number of ether oxygens (including phenoxy) is 2. The molecule has 10 heteroatoms. The molecule has 1 fully saturated rings. The van der Waals surface area contributed by atoms with Gasteiger partial charge in [0.25, 0.3) is 5.56 Å². The number of likely N-dealkylation sites (tertiary alicyclic amines) is 1. The number of hydrogen-bond acceptors (Lipinski definition) is 7. The Kier molecular flexibility index (Phi) is 5.65. The van der Waals surface area contributed by atoms with Gasteiger partial charge >= 0.3 is 0 Å². The van der Waals surface area contributed by atoms with Crippen molar-refractivity contribution >= 4 is 28.7 Å². The first-order valence-electron chi connectivity index (χ1n) is 11.5. The number of aromatic nitrogens is 4. The van der Waals surface area contributed by atoms with E-state index in [4.69, 9.17) is 9.47 Å². The van der Waals surface area contributed by atoms with E-state index in [9.17, 15) is 9.59 Å². The molecule has 2 aliphatic heterocycles. The van der Waals surface area contributed by atoms with Gasteiger partial charge in [0.15, 0.2) is 22.3 Å². The van der Waals surface area contributed by atoms with E-state index in [1.54, 1.807) is 4.68 Å². The molecule has 4 aromatic rings. The zero-order valence-corrected chi connectivity index (χ0v) is 19.7.